The minimum Gasteiger partial charge on any atom is -0.466 e. The molecule has 3 aromatic rings. The van der Waals surface area contributed by atoms with E-state index in [0.29, 0.717) is 6.61 Å². The smallest absolute Gasteiger partial charge is 0.313 e. The normalized spacial score (nSPS) is 12.3. The number of aryl methyl sites for hydroxylation is 3. The first kappa shape index (κ1) is 18.1. The van der Waals surface area contributed by atoms with Crippen molar-refractivity contribution in [3.63, 3.8) is 0 Å². The van der Waals surface area contributed by atoms with Crippen LogP contribution in [0.2, 0.25) is 0 Å². The number of fused-ring (bicyclic) bond motifs is 1. The van der Waals surface area contributed by atoms with Crippen LogP contribution in [0.15, 0.2) is 30.3 Å². The Morgan fingerprint density at radius 1 is 1.15 bits per heavy atom. The fourth-order valence-corrected chi connectivity index (χ4v) is 3.30. The molecule has 0 N–H and O–H groups in total. The Labute approximate surface area is 154 Å². The van der Waals surface area contributed by atoms with Crippen molar-refractivity contribution in [2.75, 3.05) is 6.61 Å². The number of carbonyl (C=O) groups excluding carboxylic acids is 1. The highest BCUT2D eigenvalue weighted by atomic mass is 16.5. The summed E-state index contributed by atoms with van der Waals surface area (Å²) in [5, 5.41) is 0. The lowest BCUT2D eigenvalue weighted by molar-refractivity contribution is -0.144. The number of esters is 1. The van der Waals surface area contributed by atoms with Crippen LogP contribution in [0.25, 0.3) is 16.9 Å². The summed E-state index contributed by atoms with van der Waals surface area (Å²) in [5.74, 6) is 0.505. The molecule has 1 aromatic carbocycles. The Hall–Kier alpha value is -2.69. The Morgan fingerprint density at radius 3 is 2.46 bits per heavy atom. The molecule has 26 heavy (non-hydrogen) atoms. The molecule has 0 saturated carbocycles. The number of rotatable bonds is 5. The van der Waals surface area contributed by atoms with Gasteiger partial charge in [0, 0.05) is 17.8 Å². The average molecular weight is 351 g/mol. The maximum Gasteiger partial charge on any atom is 0.313 e. The Kier molecular flexibility index (Phi) is 5.07. The van der Waals surface area contributed by atoms with E-state index in [1.807, 2.05) is 45.0 Å². The van der Waals surface area contributed by atoms with Gasteiger partial charge in [0.15, 0.2) is 5.65 Å². The lowest BCUT2D eigenvalue weighted by Crippen LogP contribution is -2.13. The molecule has 136 valence electrons. The second-order valence-electron chi connectivity index (χ2n) is 6.54. The minimum atomic E-state index is -0.278. The van der Waals surface area contributed by atoms with Gasteiger partial charge in [-0.1, -0.05) is 19.1 Å². The zero-order valence-electron chi connectivity index (χ0n) is 16.0. The number of carbonyl (C=O) groups is 1. The fourth-order valence-electron chi connectivity index (χ4n) is 3.30. The summed E-state index contributed by atoms with van der Waals surface area (Å²) >= 11 is 0. The van der Waals surface area contributed by atoms with Gasteiger partial charge < -0.3 is 4.74 Å². The van der Waals surface area contributed by atoms with E-state index in [-0.39, 0.29) is 11.9 Å². The van der Waals surface area contributed by atoms with Crippen LogP contribution in [-0.2, 0) is 16.0 Å². The summed E-state index contributed by atoms with van der Waals surface area (Å²) in [5.41, 5.74) is 5.92. The second kappa shape index (κ2) is 7.28. The zero-order chi connectivity index (χ0) is 18.8. The summed E-state index contributed by atoms with van der Waals surface area (Å²) in [6, 6.07) is 10.1. The number of imidazole rings is 1. The largest absolute Gasteiger partial charge is 0.466 e. The fraction of sp³-hybridized carbons (Fsp3) is 0.381. The SMILES string of the molecule is CCOC(=O)C(C)c1ccc(-n2c(CC)nc3nc(C)cc(C)c32)cc1. The van der Waals surface area contributed by atoms with Crippen LogP contribution in [0.3, 0.4) is 0 Å². The number of benzene rings is 1. The first-order valence-corrected chi connectivity index (χ1v) is 9.08. The summed E-state index contributed by atoms with van der Waals surface area (Å²) in [7, 11) is 0. The predicted molar refractivity (Wildman–Crippen MR) is 103 cm³/mol. The number of pyridine rings is 1. The van der Waals surface area contributed by atoms with Gasteiger partial charge in [-0.05, 0) is 57.0 Å². The topological polar surface area (TPSA) is 57.0 Å². The molecule has 5 heteroatoms. The van der Waals surface area contributed by atoms with Crippen LogP contribution in [0.4, 0.5) is 0 Å². The van der Waals surface area contributed by atoms with Gasteiger partial charge >= 0.3 is 5.97 Å². The molecule has 2 heterocycles. The van der Waals surface area contributed by atoms with Crippen molar-refractivity contribution in [1.29, 1.82) is 0 Å². The standard InChI is InChI=1S/C21H25N3O2/c1-6-18-23-20-19(13(3)12-14(4)22-20)24(18)17-10-8-16(9-11-17)15(5)21(25)26-7-2/h8-12,15H,6-7H2,1-5H3. The van der Waals surface area contributed by atoms with Crippen LogP contribution in [-0.4, -0.2) is 27.1 Å². The number of hydrogen-bond donors (Lipinski definition) is 0. The van der Waals surface area contributed by atoms with Crippen LogP contribution in [0.5, 0.6) is 0 Å². The van der Waals surface area contributed by atoms with Crippen molar-refractivity contribution in [2.45, 2.75) is 47.0 Å². The van der Waals surface area contributed by atoms with Crippen molar-refractivity contribution in [2.24, 2.45) is 0 Å². The van der Waals surface area contributed by atoms with Crippen LogP contribution in [0, 0.1) is 13.8 Å². The summed E-state index contributed by atoms with van der Waals surface area (Å²) in [6.07, 6.45) is 0.815. The minimum absolute atomic E-state index is 0.196. The highest BCUT2D eigenvalue weighted by Gasteiger charge is 2.18. The highest BCUT2D eigenvalue weighted by molar-refractivity contribution is 5.79. The Morgan fingerprint density at radius 2 is 1.85 bits per heavy atom. The quantitative estimate of drug-likeness (QED) is 0.644. The molecule has 1 unspecified atom stereocenters. The lowest BCUT2D eigenvalue weighted by atomic mass is 10.0. The van der Waals surface area contributed by atoms with Crippen molar-refractivity contribution in [3.05, 3.63) is 53.0 Å². The molecule has 2 aromatic heterocycles. The second-order valence-corrected chi connectivity index (χ2v) is 6.54. The van der Waals surface area contributed by atoms with Crippen molar-refractivity contribution in [1.82, 2.24) is 14.5 Å². The molecule has 0 bridgehead atoms. The third-order valence-corrected chi connectivity index (χ3v) is 4.62. The van der Waals surface area contributed by atoms with Crippen LogP contribution in [0.1, 0.15) is 49.3 Å². The highest BCUT2D eigenvalue weighted by Crippen LogP contribution is 2.26. The molecule has 0 fully saturated rings. The molecule has 0 aliphatic carbocycles. The monoisotopic (exact) mass is 351 g/mol. The molecule has 0 aliphatic heterocycles. The van der Waals surface area contributed by atoms with Gasteiger partial charge in [-0.2, -0.15) is 0 Å². The molecular weight excluding hydrogens is 326 g/mol. The Bertz CT molecular complexity index is 942. The summed E-state index contributed by atoms with van der Waals surface area (Å²) < 4.78 is 7.28. The van der Waals surface area contributed by atoms with Gasteiger partial charge in [-0.25, -0.2) is 9.97 Å². The number of nitrogens with zero attached hydrogens (tertiary/aromatic N) is 3. The maximum atomic E-state index is 12.0. The summed E-state index contributed by atoms with van der Waals surface area (Å²) in [4.78, 5) is 21.3. The van der Waals surface area contributed by atoms with E-state index in [4.69, 9.17) is 9.72 Å². The maximum absolute atomic E-state index is 12.0. The van der Waals surface area contributed by atoms with E-state index in [0.717, 1.165) is 45.9 Å². The van der Waals surface area contributed by atoms with E-state index in [9.17, 15) is 4.79 Å². The van der Waals surface area contributed by atoms with Gasteiger partial charge in [0.05, 0.1) is 18.0 Å². The van der Waals surface area contributed by atoms with Gasteiger partial charge in [0.25, 0.3) is 0 Å². The predicted octanol–water partition coefficient (Wildman–Crippen LogP) is 4.27. The molecule has 5 nitrogen and oxygen atoms in total. The summed E-state index contributed by atoms with van der Waals surface area (Å²) in [6.45, 7) is 10.3. The molecular formula is C21H25N3O2. The number of ether oxygens (including phenoxy) is 1. The molecule has 0 saturated heterocycles. The molecule has 3 rings (SSSR count). The first-order chi connectivity index (χ1) is 12.5. The van der Waals surface area contributed by atoms with Gasteiger partial charge in [0.1, 0.15) is 5.82 Å². The van der Waals surface area contributed by atoms with E-state index < -0.39 is 0 Å². The van der Waals surface area contributed by atoms with Gasteiger partial charge in [-0.15, -0.1) is 0 Å². The van der Waals surface area contributed by atoms with E-state index in [1.165, 1.54) is 0 Å². The zero-order valence-corrected chi connectivity index (χ0v) is 16.0. The van der Waals surface area contributed by atoms with Crippen molar-refractivity contribution < 1.29 is 9.53 Å². The average Bonchev–Trinajstić information content (AvgIpc) is 3.00. The van der Waals surface area contributed by atoms with E-state index in [2.05, 4.69) is 29.5 Å². The molecule has 0 spiro atoms. The first-order valence-electron chi connectivity index (χ1n) is 9.08. The Balaban J connectivity index is 2.06. The molecule has 0 aliphatic rings. The van der Waals surface area contributed by atoms with E-state index >= 15 is 0 Å². The molecule has 1 atom stereocenters. The van der Waals surface area contributed by atoms with Crippen molar-refractivity contribution >= 4 is 17.1 Å². The number of aromatic nitrogens is 3. The third kappa shape index (κ3) is 3.21. The third-order valence-electron chi connectivity index (χ3n) is 4.62. The van der Waals surface area contributed by atoms with E-state index in [1.54, 1.807) is 0 Å². The molecule has 0 amide bonds. The van der Waals surface area contributed by atoms with Crippen LogP contribution < -0.4 is 0 Å². The van der Waals surface area contributed by atoms with Gasteiger partial charge in [-0.3, -0.25) is 9.36 Å². The number of hydrogen-bond acceptors (Lipinski definition) is 4. The lowest BCUT2D eigenvalue weighted by Gasteiger charge is -2.13. The van der Waals surface area contributed by atoms with Crippen molar-refractivity contribution in [3.8, 4) is 5.69 Å². The van der Waals surface area contributed by atoms with Crippen LogP contribution >= 0.6 is 0 Å². The molecule has 0 radical (unpaired) electrons. The van der Waals surface area contributed by atoms with Gasteiger partial charge in [0.2, 0.25) is 0 Å².